The van der Waals surface area contributed by atoms with Crippen molar-refractivity contribution in [3.05, 3.63) is 106 Å². The van der Waals surface area contributed by atoms with Crippen molar-refractivity contribution in [2.45, 2.75) is 148 Å². The number of nitrogens with two attached hydrogens (primary N) is 6. The Bertz CT molecular complexity index is 6380. The number of rotatable bonds is 6. The van der Waals surface area contributed by atoms with Crippen LogP contribution in [0.5, 0.6) is 0 Å². The highest BCUT2D eigenvalue weighted by Crippen LogP contribution is 2.61. The third-order valence-corrected chi connectivity index (χ3v) is 31.3. The summed E-state index contributed by atoms with van der Waals surface area (Å²) in [6.07, 6.45) is -14.4. The van der Waals surface area contributed by atoms with Crippen LogP contribution in [-0.2, 0) is 146 Å². The maximum Gasteiger partial charge on any atom is 0.386 e. The third-order valence-electron chi connectivity index (χ3n) is 21.8. The van der Waals surface area contributed by atoms with Gasteiger partial charge in [0.15, 0.2) is 106 Å². The van der Waals surface area contributed by atoms with Gasteiger partial charge in [0.05, 0.1) is 113 Å². The largest absolute Gasteiger partial charge is 0.397 e. The SMILES string of the molecule is Nc1nc2c(ncn2[C@@H]2O[C@@H]3COP(=O)(S)O[C@@H]4C(F)[C@H](n5cnc6c(N)ccnc65)O[C@@H]4COP(O)(=S)OC2C3)c(=O)[nH]1.Nc1nc2c(ncn2[C@@H]2O[C@@H]3COP(O)(=S)O[C@@H]4C(F)[C@H](n5cnc6c(N)ccnc65)O[C@@H]4COP(O)(=S)OC2C3)c(=O)[nH]1.Nc1nc2c(ncn2[C@@H]2O[C@@H]3COP(O)(=S)O[C@@H]4C(F)[C@H](n5cnc6c(N)ccnc65)O[C@@H]4COP(O)(=S)OC2C3)c(=O)[nH]1. The summed E-state index contributed by atoms with van der Waals surface area (Å²) in [5.74, 6) is -0.480. The van der Waals surface area contributed by atoms with Gasteiger partial charge in [-0.25, -0.2) is 62.6 Å². The zero-order valence-electron chi connectivity index (χ0n) is 66.5. The minimum atomic E-state index is -4.25. The molecule has 0 aliphatic carbocycles. The second-order valence-corrected chi connectivity index (χ2v) is 47.2. The lowest BCUT2D eigenvalue weighted by Gasteiger charge is -2.27. The molecular formula is C63H72F3N27O27P6S6. The fourth-order valence-corrected chi connectivity index (χ4v) is 24.8. The zero-order chi connectivity index (χ0) is 92.9. The number of fused-ring (bicyclic) bond motifs is 15. The van der Waals surface area contributed by atoms with E-state index in [9.17, 15) is 43.4 Å². The lowest BCUT2D eigenvalue weighted by atomic mass is 10.1. The van der Waals surface area contributed by atoms with Crippen molar-refractivity contribution in [3.8, 4) is 0 Å². The number of alkyl halides is 3. The summed E-state index contributed by atoms with van der Waals surface area (Å²) in [4.78, 5) is 149. The van der Waals surface area contributed by atoms with Crippen LogP contribution in [0.25, 0.3) is 67.0 Å². The summed E-state index contributed by atoms with van der Waals surface area (Å²) in [7, 11) is 0. The lowest BCUT2D eigenvalue weighted by molar-refractivity contribution is -0.0597. The highest BCUT2D eigenvalue weighted by molar-refractivity contribution is 8.44. The molecule has 27 atom stereocenters. The van der Waals surface area contributed by atoms with Gasteiger partial charge in [-0.15, -0.1) is 0 Å². The number of ether oxygens (including phenoxy) is 6. The van der Waals surface area contributed by atoms with Crippen molar-refractivity contribution < 1.29 is 125 Å². The van der Waals surface area contributed by atoms with Crippen LogP contribution in [0.15, 0.2) is 89.1 Å². The van der Waals surface area contributed by atoms with E-state index in [0.717, 1.165) is 0 Å². The third kappa shape index (κ3) is 18.7. The molecule has 21 heterocycles. The molecule has 54 nitrogen and oxygen atoms in total. The number of hydrogen-bond acceptors (Lipinski definition) is 45. The molecule has 9 aliphatic rings. The summed E-state index contributed by atoms with van der Waals surface area (Å²) >= 11 is 30.3. The maximum absolute atomic E-state index is 16.0. The van der Waals surface area contributed by atoms with Gasteiger partial charge in [0.2, 0.25) is 17.8 Å². The quantitative estimate of drug-likeness (QED) is 0.0839. The van der Waals surface area contributed by atoms with Crippen molar-refractivity contribution in [2.24, 2.45) is 0 Å². The number of H-pyrrole nitrogens is 3. The van der Waals surface area contributed by atoms with Gasteiger partial charge < -0.3 is 123 Å². The summed E-state index contributed by atoms with van der Waals surface area (Å²) in [5, 5.41) is 0. The molecule has 20 N–H and O–H groups in total. The molecule has 0 spiro atoms. The first-order chi connectivity index (χ1) is 62.7. The van der Waals surface area contributed by atoms with Crippen molar-refractivity contribution in [1.82, 2.24) is 102 Å². The minimum Gasteiger partial charge on any atom is -0.397 e. The fraction of sp³-hybridized carbons (Fsp3) is 0.476. The van der Waals surface area contributed by atoms with Crippen molar-refractivity contribution >= 4 is 214 Å². The number of imidazole rings is 6. The summed E-state index contributed by atoms with van der Waals surface area (Å²) < 4.78 is 173. The Labute approximate surface area is 764 Å². The highest BCUT2D eigenvalue weighted by Gasteiger charge is 2.56. The fourth-order valence-electron chi connectivity index (χ4n) is 16.0. The van der Waals surface area contributed by atoms with Crippen LogP contribution < -0.4 is 51.1 Å². The number of aromatic amines is 3. The van der Waals surface area contributed by atoms with Gasteiger partial charge in [0.1, 0.15) is 71.5 Å². The minimum absolute atomic E-state index is 0.0158. The van der Waals surface area contributed by atoms with Crippen molar-refractivity contribution in [1.29, 1.82) is 0 Å². The first kappa shape index (κ1) is 93.4. The summed E-state index contributed by atoms with van der Waals surface area (Å²) in [6.45, 7) is -27.2. The first-order valence-corrected chi connectivity index (χ1v) is 54.5. The van der Waals surface area contributed by atoms with E-state index in [1.165, 1.54) is 84.0 Å². The van der Waals surface area contributed by atoms with Gasteiger partial charge in [-0.2, -0.15) is 15.0 Å². The summed E-state index contributed by atoms with van der Waals surface area (Å²) in [5.41, 5.74) is 36.2. The van der Waals surface area contributed by atoms with Gasteiger partial charge in [-0.3, -0.25) is 74.8 Å². The number of thiol groups is 1. The molecule has 0 saturated carbocycles. The van der Waals surface area contributed by atoms with E-state index in [1.54, 1.807) is 18.2 Å². The van der Waals surface area contributed by atoms with Crippen LogP contribution >= 0.6 is 52.6 Å². The number of nitrogen functional groups attached to an aromatic ring is 6. The molecular weight excluding hydrogens is 2000 g/mol. The second-order valence-electron chi connectivity index (χ2n) is 30.4. The molecule has 21 rings (SSSR count). The number of nitrogens with one attached hydrogen (secondary N) is 3. The average molecular weight is 2070 g/mol. The molecule has 9 fully saturated rings. The molecule has 12 unspecified atom stereocenters. The van der Waals surface area contributed by atoms with E-state index in [1.807, 2.05) is 0 Å². The Morgan fingerprint density at radius 3 is 0.909 bits per heavy atom. The van der Waals surface area contributed by atoms with Crippen LogP contribution in [0.1, 0.15) is 56.6 Å². The van der Waals surface area contributed by atoms with Crippen LogP contribution in [-0.4, -0.2) is 258 Å². The number of aromatic nitrogens is 21. The van der Waals surface area contributed by atoms with Gasteiger partial charge in [-0.05, 0) is 77.2 Å². The van der Waals surface area contributed by atoms with Gasteiger partial charge in [-0.1, -0.05) is 12.2 Å². The van der Waals surface area contributed by atoms with E-state index in [4.69, 9.17) is 176 Å². The maximum atomic E-state index is 16.0. The molecule has 132 heavy (non-hydrogen) atoms. The second kappa shape index (κ2) is 36.1. The topological polar surface area (TPSA) is 723 Å². The normalized spacial score (nSPS) is 36.6. The standard InChI is InChI=1S/3C21H24FN9O9P2S2/c3*22-12-15-11(38-20(12)30-6-26-13-9(23)1-2-25-16(13)30)5-36-41(33,43)39-10-3-8(4-35-42(34,44)40-15)37-19(10)31-7-27-14-17(31)28-21(24)29-18(14)32/h3*1-2,6-8,10-12,15,19-20H,3-5H2,(H2,23,25)(H,33,43)(H,34,44)(H3,24,28,29,32)/t3*8-,10?,11+,12?,15-,19+,20+,41?,42?/m000/s1. The molecule has 0 amide bonds. The van der Waals surface area contributed by atoms with Crippen LogP contribution in [0.4, 0.5) is 48.1 Å². The lowest BCUT2D eigenvalue weighted by Crippen LogP contribution is -2.34. The molecule has 0 aromatic carbocycles. The Morgan fingerprint density at radius 1 is 0.348 bits per heavy atom. The van der Waals surface area contributed by atoms with E-state index in [0.29, 0.717) is 33.6 Å². The molecule has 9 aliphatic heterocycles. The van der Waals surface area contributed by atoms with Crippen LogP contribution in [0.2, 0.25) is 0 Å². The number of anilines is 6. The Hall–Kier alpha value is -7.59. The number of nitrogens with zero attached hydrogens (tertiary/aromatic N) is 18. The van der Waals surface area contributed by atoms with E-state index < -0.39 is 206 Å². The molecule has 69 heteroatoms. The molecule has 12 aromatic heterocycles. The average Bonchev–Trinajstić information content (AvgIpc) is 1.64. The Balaban J connectivity index is 0.000000128. The predicted octanol–water partition coefficient (Wildman–Crippen LogP) is 2.33. The zero-order valence-corrected chi connectivity index (χ0v) is 76.8. The number of halogens is 3. The Morgan fingerprint density at radius 2 is 0.606 bits per heavy atom. The van der Waals surface area contributed by atoms with Crippen molar-refractivity contribution in [3.63, 3.8) is 0 Å². The van der Waals surface area contributed by atoms with E-state index in [2.05, 4.69) is 87.0 Å². The van der Waals surface area contributed by atoms with E-state index >= 15 is 13.2 Å². The highest BCUT2D eigenvalue weighted by atomic mass is 32.7. The Kier molecular flexibility index (Phi) is 25.5. The van der Waals surface area contributed by atoms with Gasteiger partial charge in [0.25, 0.3) is 16.7 Å². The van der Waals surface area contributed by atoms with Gasteiger partial charge in [0, 0.05) is 37.9 Å². The molecule has 0 radical (unpaired) electrons. The first-order valence-electron chi connectivity index (χ1n) is 38.8. The molecule has 708 valence electrons. The summed E-state index contributed by atoms with van der Waals surface area (Å²) in [6, 6.07) is 4.63. The van der Waals surface area contributed by atoms with E-state index in [-0.39, 0.29) is 107 Å². The monoisotopic (exact) mass is 2070 g/mol. The molecule has 12 aromatic rings. The smallest absolute Gasteiger partial charge is 0.386 e. The molecule has 6 bridgehead atoms. The molecule has 9 saturated heterocycles. The van der Waals surface area contributed by atoms with Gasteiger partial charge >= 0.3 is 40.4 Å². The predicted molar refractivity (Wildman–Crippen MR) is 470 cm³/mol. The van der Waals surface area contributed by atoms with Crippen LogP contribution in [0, 0.1) is 0 Å². The number of pyridine rings is 3. The van der Waals surface area contributed by atoms with Crippen LogP contribution in [0.3, 0.4) is 0 Å². The number of hydrogen-bond donors (Lipinski definition) is 15. The van der Waals surface area contributed by atoms with Crippen molar-refractivity contribution in [2.75, 3.05) is 74.0 Å².